The number of nitrogens with zero attached hydrogens (tertiary/aromatic N) is 1. The van der Waals surface area contributed by atoms with Gasteiger partial charge in [0.05, 0.1) is 17.1 Å². The first-order chi connectivity index (χ1) is 14.3. The molecule has 1 atom stereocenters. The van der Waals surface area contributed by atoms with Gasteiger partial charge < -0.3 is 20.7 Å². The maximum absolute atomic E-state index is 12.7. The molecule has 0 saturated carbocycles. The first kappa shape index (κ1) is 20.0. The molecule has 2 aromatic rings. The summed E-state index contributed by atoms with van der Waals surface area (Å²) < 4.78 is 32.2. The highest BCUT2D eigenvalue weighted by Crippen LogP contribution is 2.32. The number of sulfonamides is 1. The van der Waals surface area contributed by atoms with E-state index >= 15 is 0 Å². The van der Waals surface area contributed by atoms with Gasteiger partial charge in [0.1, 0.15) is 5.75 Å². The largest absolute Gasteiger partial charge is 0.479 e. The van der Waals surface area contributed by atoms with Crippen LogP contribution in [-0.4, -0.2) is 45.3 Å². The van der Waals surface area contributed by atoms with Gasteiger partial charge in [0.15, 0.2) is 6.10 Å². The second-order valence-electron chi connectivity index (χ2n) is 7.11. The zero-order valence-corrected chi connectivity index (χ0v) is 17.2. The van der Waals surface area contributed by atoms with Crippen molar-refractivity contribution in [2.45, 2.75) is 19.4 Å². The fourth-order valence-corrected chi connectivity index (χ4v) is 4.89. The number of amides is 3. The number of rotatable bonds is 5. The van der Waals surface area contributed by atoms with Crippen LogP contribution in [0.5, 0.6) is 5.75 Å². The summed E-state index contributed by atoms with van der Waals surface area (Å²) in [5.41, 5.74) is 2.62. The molecule has 9 nitrogen and oxygen atoms in total. The van der Waals surface area contributed by atoms with Crippen LogP contribution >= 0.6 is 0 Å². The van der Waals surface area contributed by atoms with Gasteiger partial charge in [-0.2, -0.15) is 0 Å². The molecule has 30 heavy (non-hydrogen) atoms. The quantitative estimate of drug-likeness (QED) is 0.670. The number of benzene rings is 2. The van der Waals surface area contributed by atoms with Gasteiger partial charge in [0.25, 0.3) is 5.91 Å². The molecule has 0 radical (unpaired) electrons. The van der Waals surface area contributed by atoms with E-state index in [0.29, 0.717) is 35.8 Å². The molecule has 2 aliphatic heterocycles. The van der Waals surface area contributed by atoms with Crippen LogP contribution in [0.1, 0.15) is 12.5 Å². The van der Waals surface area contributed by atoms with Crippen LogP contribution in [0.2, 0.25) is 0 Å². The second-order valence-corrected chi connectivity index (χ2v) is 9.12. The van der Waals surface area contributed by atoms with Gasteiger partial charge in [-0.25, -0.2) is 13.2 Å². The number of carbonyl (C=O) groups excluding carboxylic acids is 2. The number of urea groups is 1. The Bertz CT molecular complexity index is 1100. The molecule has 0 spiro atoms. The Hall–Kier alpha value is -3.27. The summed E-state index contributed by atoms with van der Waals surface area (Å²) in [5.74, 6) is 0.0450. The minimum absolute atomic E-state index is 0.0326. The van der Waals surface area contributed by atoms with E-state index in [2.05, 4.69) is 16.0 Å². The summed E-state index contributed by atoms with van der Waals surface area (Å²) in [5, 5.41) is 7.89. The third-order valence-electron chi connectivity index (χ3n) is 4.99. The zero-order valence-electron chi connectivity index (χ0n) is 16.3. The van der Waals surface area contributed by atoms with Gasteiger partial charge in [-0.05, 0) is 43.2 Å². The number of anilines is 3. The predicted molar refractivity (Wildman–Crippen MR) is 113 cm³/mol. The van der Waals surface area contributed by atoms with E-state index in [1.807, 2.05) is 18.2 Å². The highest BCUT2D eigenvalue weighted by atomic mass is 32.2. The van der Waals surface area contributed by atoms with E-state index in [1.54, 1.807) is 31.2 Å². The van der Waals surface area contributed by atoms with E-state index in [0.717, 1.165) is 5.56 Å². The molecule has 3 amide bonds. The van der Waals surface area contributed by atoms with E-state index in [4.69, 9.17) is 4.74 Å². The standard InChI is InChI=1S/C20H22N4O5S/c1-13-19(25)23-16-12-15(6-7-18(16)29-13)22-20(26)21-9-11-30(27,28)24-10-8-14-4-2-3-5-17(14)24/h2-7,12-13H,8-11H2,1H3,(H,23,25)(H2,21,22,26)/t13-/m1/s1. The molecule has 2 heterocycles. The van der Waals surface area contributed by atoms with Crippen molar-refractivity contribution in [2.75, 3.05) is 33.8 Å². The normalized spacial score (nSPS) is 17.4. The van der Waals surface area contributed by atoms with Crippen molar-refractivity contribution in [2.24, 2.45) is 0 Å². The zero-order chi connectivity index (χ0) is 21.3. The number of hydrogen-bond donors (Lipinski definition) is 3. The lowest BCUT2D eigenvalue weighted by Gasteiger charge is -2.23. The highest BCUT2D eigenvalue weighted by Gasteiger charge is 2.29. The topological polar surface area (TPSA) is 117 Å². The molecule has 0 aliphatic carbocycles. The van der Waals surface area contributed by atoms with Crippen molar-refractivity contribution in [3.8, 4) is 5.75 Å². The summed E-state index contributed by atoms with van der Waals surface area (Å²) in [6, 6.07) is 11.7. The molecule has 0 saturated heterocycles. The smallest absolute Gasteiger partial charge is 0.319 e. The maximum Gasteiger partial charge on any atom is 0.319 e. The number of ether oxygens (including phenoxy) is 1. The van der Waals surface area contributed by atoms with Crippen LogP contribution in [-0.2, 0) is 21.2 Å². The number of fused-ring (bicyclic) bond motifs is 2. The molecule has 4 rings (SSSR count). The van der Waals surface area contributed by atoms with Gasteiger partial charge >= 0.3 is 6.03 Å². The van der Waals surface area contributed by atoms with Gasteiger partial charge in [-0.3, -0.25) is 9.10 Å². The molecule has 0 aromatic heterocycles. The molecule has 3 N–H and O–H groups in total. The highest BCUT2D eigenvalue weighted by molar-refractivity contribution is 7.92. The second kappa shape index (κ2) is 7.86. The number of carbonyl (C=O) groups is 2. The van der Waals surface area contributed by atoms with Crippen LogP contribution in [0.4, 0.5) is 21.9 Å². The third kappa shape index (κ3) is 4.04. The minimum atomic E-state index is -3.54. The first-order valence-corrected chi connectivity index (χ1v) is 11.2. The Labute approximate surface area is 174 Å². The summed E-state index contributed by atoms with van der Waals surface area (Å²) in [6.07, 6.45) is 0.102. The Morgan fingerprint density at radius 3 is 2.90 bits per heavy atom. The van der Waals surface area contributed by atoms with Crippen molar-refractivity contribution in [3.05, 3.63) is 48.0 Å². The number of nitrogens with one attached hydrogen (secondary N) is 3. The van der Waals surface area contributed by atoms with Crippen LogP contribution in [0.25, 0.3) is 0 Å². The Kier molecular flexibility index (Phi) is 5.25. The average molecular weight is 430 g/mol. The molecule has 10 heteroatoms. The Morgan fingerprint density at radius 1 is 1.27 bits per heavy atom. The van der Waals surface area contributed by atoms with E-state index in [1.165, 1.54) is 4.31 Å². The molecular formula is C20H22N4O5S. The van der Waals surface area contributed by atoms with E-state index in [9.17, 15) is 18.0 Å². The predicted octanol–water partition coefficient (Wildman–Crippen LogP) is 1.92. The molecule has 0 bridgehead atoms. The summed E-state index contributed by atoms with van der Waals surface area (Å²) >= 11 is 0. The molecule has 2 aromatic carbocycles. The van der Waals surface area contributed by atoms with Crippen molar-refractivity contribution < 1.29 is 22.7 Å². The van der Waals surface area contributed by atoms with Crippen LogP contribution in [0.3, 0.4) is 0 Å². The lowest BCUT2D eigenvalue weighted by molar-refractivity contribution is -0.122. The number of hydrogen-bond acceptors (Lipinski definition) is 5. The van der Waals surface area contributed by atoms with Gasteiger partial charge in [0, 0.05) is 18.8 Å². The fourth-order valence-electron chi connectivity index (χ4n) is 3.46. The SMILES string of the molecule is C[C@H]1Oc2ccc(NC(=O)NCCS(=O)(=O)N3CCc4ccccc43)cc2NC1=O. The maximum atomic E-state index is 12.7. The monoisotopic (exact) mass is 430 g/mol. The average Bonchev–Trinajstić information content (AvgIpc) is 3.14. The lowest BCUT2D eigenvalue weighted by Crippen LogP contribution is -2.38. The molecular weight excluding hydrogens is 408 g/mol. The van der Waals surface area contributed by atoms with Gasteiger partial charge in [-0.1, -0.05) is 18.2 Å². The van der Waals surface area contributed by atoms with E-state index in [-0.39, 0.29) is 18.2 Å². The van der Waals surface area contributed by atoms with Gasteiger partial charge in [0.2, 0.25) is 10.0 Å². The van der Waals surface area contributed by atoms with Crippen molar-refractivity contribution in [1.82, 2.24) is 5.32 Å². The van der Waals surface area contributed by atoms with Crippen LogP contribution in [0, 0.1) is 0 Å². The molecule has 0 fully saturated rings. The van der Waals surface area contributed by atoms with Crippen molar-refractivity contribution in [1.29, 1.82) is 0 Å². The van der Waals surface area contributed by atoms with Crippen molar-refractivity contribution >= 4 is 39.0 Å². The van der Waals surface area contributed by atoms with Crippen LogP contribution in [0.15, 0.2) is 42.5 Å². The first-order valence-electron chi connectivity index (χ1n) is 9.58. The third-order valence-corrected chi connectivity index (χ3v) is 6.77. The van der Waals surface area contributed by atoms with Gasteiger partial charge in [-0.15, -0.1) is 0 Å². The number of para-hydroxylation sites is 1. The van der Waals surface area contributed by atoms with E-state index < -0.39 is 22.2 Å². The summed E-state index contributed by atoms with van der Waals surface area (Å²) in [4.78, 5) is 23.9. The fraction of sp³-hybridized carbons (Fsp3) is 0.300. The Balaban J connectivity index is 1.32. The lowest BCUT2D eigenvalue weighted by atomic mass is 10.2. The van der Waals surface area contributed by atoms with Crippen LogP contribution < -0.4 is 25.0 Å². The van der Waals surface area contributed by atoms with Crippen molar-refractivity contribution in [3.63, 3.8) is 0 Å². The Morgan fingerprint density at radius 2 is 2.07 bits per heavy atom. The minimum Gasteiger partial charge on any atom is -0.479 e. The molecule has 158 valence electrons. The summed E-state index contributed by atoms with van der Waals surface area (Å²) in [7, 11) is -3.54. The summed E-state index contributed by atoms with van der Waals surface area (Å²) in [6.45, 7) is 2.03. The molecule has 0 unspecified atom stereocenters. The molecule has 2 aliphatic rings.